The van der Waals surface area contributed by atoms with Crippen molar-refractivity contribution in [2.45, 2.75) is 11.4 Å². The number of amides is 1. The van der Waals surface area contributed by atoms with Gasteiger partial charge in [0.15, 0.2) is 11.5 Å². The van der Waals surface area contributed by atoms with Crippen LogP contribution in [0.25, 0.3) is 0 Å². The first-order valence-electron chi connectivity index (χ1n) is 6.81. The first-order chi connectivity index (χ1) is 10.7. The molecule has 5 heteroatoms. The molecule has 0 saturated carbocycles. The van der Waals surface area contributed by atoms with E-state index in [1.807, 2.05) is 30.5 Å². The first-order valence-corrected chi connectivity index (χ1v) is 8.03. The molecular formula is C17H19NO3S. The SMILES string of the molecule is COc1ccc(C(=O)NCc2ccc(SC)cc2)cc1OC. The molecule has 4 nitrogen and oxygen atoms in total. The minimum Gasteiger partial charge on any atom is -0.493 e. The maximum Gasteiger partial charge on any atom is 0.251 e. The fourth-order valence-corrected chi connectivity index (χ4v) is 2.41. The van der Waals surface area contributed by atoms with Gasteiger partial charge in [0.2, 0.25) is 0 Å². The smallest absolute Gasteiger partial charge is 0.251 e. The van der Waals surface area contributed by atoms with Gasteiger partial charge < -0.3 is 14.8 Å². The second kappa shape index (κ2) is 7.75. The Morgan fingerprint density at radius 3 is 2.32 bits per heavy atom. The summed E-state index contributed by atoms with van der Waals surface area (Å²) < 4.78 is 10.4. The Hall–Kier alpha value is -2.14. The predicted octanol–water partition coefficient (Wildman–Crippen LogP) is 3.36. The van der Waals surface area contributed by atoms with Crippen molar-refractivity contribution in [2.75, 3.05) is 20.5 Å². The van der Waals surface area contributed by atoms with Crippen molar-refractivity contribution >= 4 is 17.7 Å². The predicted molar refractivity (Wildman–Crippen MR) is 88.9 cm³/mol. The van der Waals surface area contributed by atoms with Crippen LogP contribution in [-0.4, -0.2) is 26.4 Å². The van der Waals surface area contributed by atoms with Gasteiger partial charge in [-0.2, -0.15) is 0 Å². The van der Waals surface area contributed by atoms with Gasteiger partial charge in [-0.05, 0) is 42.2 Å². The summed E-state index contributed by atoms with van der Waals surface area (Å²) in [5.74, 6) is 1.00. The van der Waals surface area contributed by atoms with Crippen LogP contribution >= 0.6 is 11.8 Å². The lowest BCUT2D eigenvalue weighted by Crippen LogP contribution is -2.22. The van der Waals surface area contributed by atoms with Crippen LogP contribution in [-0.2, 0) is 6.54 Å². The molecule has 0 fully saturated rings. The fraction of sp³-hybridized carbons (Fsp3) is 0.235. The molecule has 1 amide bonds. The molecule has 0 radical (unpaired) electrons. The van der Waals surface area contributed by atoms with Gasteiger partial charge in [-0.25, -0.2) is 0 Å². The van der Waals surface area contributed by atoms with Gasteiger partial charge in [0.25, 0.3) is 5.91 Å². The van der Waals surface area contributed by atoms with Crippen molar-refractivity contribution in [2.24, 2.45) is 0 Å². The molecule has 0 aliphatic heterocycles. The highest BCUT2D eigenvalue weighted by Gasteiger charge is 2.10. The van der Waals surface area contributed by atoms with E-state index in [9.17, 15) is 4.79 Å². The van der Waals surface area contributed by atoms with E-state index in [1.165, 1.54) is 4.90 Å². The largest absolute Gasteiger partial charge is 0.493 e. The number of hydrogen-bond acceptors (Lipinski definition) is 4. The number of nitrogens with one attached hydrogen (secondary N) is 1. The van der Waals surface area contributed by atoms with Gasteiger partial charge in [-0.15, -0.1) is 11.8 Å². The molecule has 2 aromatic rings. The summed E-state index contributed by atoms with van der Waals surface area (Å²) in [6.07, 6.45) is 2.04. The van der Waals surface area contributed by atoms with Crippen LogP contribution in [0.5, 0.6) is 11.5 Å². The summed E-state index contributed by atoms with van der Waals surface area (Å²) in [7, 11) is 3.11. The van der Waals surface area contributed by atoms with Crippen LogP contribution in [0.4, 0.5) is 0 Å². The summed E-state index contributed by atoms with van der Waals surface area (Å²) in [6.45, 7) is 0.488. The highest BCUT2D eigenvalue weighted by atomic mass is 32.2. The normalized spacial score (nSPS) is 10.1. The van der Waals surface area contributed by atoms with Crippen molar-refractivity contribution in [3.05, 3.63) is 53.6 Å². The van der Waals surface area contributed by atoms with E-state index in [0.717, 1.165) is 5.56 Å². The summed E-state index contributed by atoms with van der Waals surface area (Å²) in [5.41, 5.74) is 1.60. The number of benzene rings is 2. The number of ether oxygens (including phenoxy) is 2. The highest BCUT2D eigenvalue weighted by Crippen LogP contribution is 2.27. The summed E-state index contributed by atoms with van der Waals surface area (Å²) >= 11 is 1.69. The van der Waals surface area contributed by atoms with Crippen molar-refractivity contribution in [3.63, 3.8) is 0 Å². The first kappa shape index (κ1) is 16.2. The zero-order valence-electron chi connectivity index (χ0n) is 12.9. The van der Waals surface area contributed by atoms with Gasteiger partial charge in [-0.3, -0.25) is 4.79 Å². The third kappa shape index (κ3) is 3.95. The molecule has 2 rings (SSSR count). The van der Waals surface area contributed by atoms with Gasteiger partial charge in [-0.1, -0.05) is 12.1 Å². The lowest BCUT2D eigenvalue weighted by Gasteiger charge is -2.10. The van der Waals surface area contributed by atoms with Gasteiger partial charge in [0.1, 0.15) is 0 Å². The van der Waals surface area contributed by atoms with Crippen molar-refractivity contribution in [1.29, 1.82) is 0 Å². The molecule has 0 aliphatic rings. The van der Waals surface area contributed by atoms with E-state index in [1.54, 1.807) is 44.2 Å². The third-order valence-corrected chi connectivity index (χ3v) is 4.00. The molecule has 0 aliphatic carbocycles. The lowest BCUT2D eigenvalue weighted by molar-refractivity contribution is 0.0950. The standard InChI is InChI=1S/C17H19NO3S/c1-20-15-9-6-13(10-16(15)21-2)17(19)18-11-12-4-7-14(22-3)8-5-12/h4-10H,11H2,1-3H3,(H,18,19). The van der Waals surface area contributed by atoms with Gasteiger partial charge in [0, 0.05) is 17.0 Å². The van der Waals surface area contributed by atoms with E-state index in [0.29, 0.717) is 23.6 Å². The molecular weight excluding hydrogens is 298 g/mol. The van der Waals surface area contributed by atoms with E-state index >= 15 is 0 Å². The van der Waals surface area contributed by atoms with Crippen molar-refractivity contribution in [1.82, 2.24) is 5.32 Å². The molecule has 0 bridgehead atoms. The molecule has 0 spiro atoms. The average Bonchev–Trinajstić information content (AvgIpc) is 2.59. The Balaban J connectivity index is 2.02. The Bertz CT molecular complexity index is 641. The van der Waals surface area contributed by atoms with Crippen LogP contribution in [0.2, 0.25) is 0 Å². The highest BCUT2D eigenvalue weighted by molar-refractivity contribution is 7.98. The second-order valence-corrected chi connectivity index (χ2v) is 5.48. The number of thioether (sulfide) groups is 1. The number of carbonyl (C=O) groups is 1. The van der Waals surface area contributed by atoms with Gasteiger partial charge >= 0.3 is 0 Å². The zero-order chi connectivity index (χ0) is 15.9. The van der Waals surface area contributed by atoms with Crippen molar-refractivity contribution < 1.29 is 14.3 Å². The molecule has 116 valence electrons. The second-order valence-electron chi connectivity index (χ2n) is 4.60. The molecule has 0 atom stereocenters. The quantitative estimate of drug-likeness (QED) is 0.830. The minimum atomic E-state index is -0.144. The minimum absolute atomic E-state index is 0.144. The Kier molecular flexibility index (Phi) is 5.72. The van der Waals surface area contributed by atoms with Crippen molar-refractivity contribution in [3.8, 4) is 11.5 Å². The monoisotopic (exact) mass is 317 g/mol. The van der Waals surface area contributed by atoms with Crippen LogP contribution in [0.15, 0.2) is 47.4 Å². The summed E-state index contributed by atoms with van der Waals surface area (Å²) in [6, 6.07) is 13.2. The topological polar surface area (TPSA) is 47.6 Å². The summed E-state index contributed by atoms with van der Waals surface area (Å²) in [5, 5.41) is 2.90. The number of carbonyl (C=O) groups excluding carboxylic acids is 1. The maximum atomic E-state index is 12.2. The molecule has 0 unspecified atom stereocenters. The maximum absolute atomic E-state index is 12.2. The van der Waals surface area contributed by atoms with E-state index < -0.39 is 0 Å². The van der Waals surface area contributed by atoms with Crippen LogP contribution in [0.3, 0.4) is 0 Å². The Labute approximate surface area is 134 Å². The lowest BCUT2D eigenvalue weighted by atomic mass is 10.1. The Morgan fingerprint density at radius 2 is 1.73 bits per heavy atom. The van der Waals surface area contributed by atoms with E-state index in [4.69, 9.17) is 9.47 Å². The average molecular weight is 317 g/mol. The number of methoxy groups -OCH3 is 2. The fourth-order valence-electron chi connectivity index (χ4n) is 2.01. The third-order valence-electron chi connectivity index (χ3n) is 3.26. The van der Waals surface area contributed by atoms with Crippen LogP contribution in [0, 0.1) is 0 Å². The zero-order valence-corrected chi connectivity index (χ0v) is 13.7. The Morgan fingerprint density at radius 1 is 1.05 bits per heavy atom. The molecule has 1 N–H and O–H groups in total. The molecule has 2 aromatic carbocycles. The van der Waals surface area contributed by atoms with Crippen LogP contribution in [0.1, 0.15) is 15.9 Å². The summed E-state index contributed by atoms with van der Waals surface area (Å²) in [4.78, 5) is 13.4. The molecule has 0 saturated heterocycles. The molecule has 0 aromatic heterocycles. The molecule has 22 heavy (non-hydrogen) atoms. The number of hydrogen-bond donors (Lipinski definition) is 1. The van der Waals surface area contributed by atoms with Crippen LogP contribution < -0.4 is 14.8 Å². The van der Waals surface area contributed by atoms with E-state index in [-0.39, 0.29) is 5.91 Å². The van der Waals surface area contributed by atoms with Gasteiger partial charge in [0.05, 0.1) is 14.2 Å². The number of rotatable bonds is 6. The molecule has 0 heterocycles. The van der Waals surface area contributed by atoms with E-state index in [2.05, 4.69) is 5.32 Å².